The second kappa shape index (κ2) is 6.44. The summed E-state index contributed by atoms with van der Waals surface area (Å²) in [5.74, 6) is -2.44. The molecule has 0 aliphatic heterocycles. The highest BCUT2D eigenvalue weighted by atomic mass is 32.2. The number of aliphatic carboxylic acids is 1. The van der Waals surface area contributed by atoms with Crippen LogP contribution in [0.1, 0.15) is 13.3 Å². The fourth-order valence-corrected chi connectivity index (χ4v) is 2.03. The molecule has 1 aromatic carbocycles. The summed E-state index contributed by atoms with van der Waals surface area (Å²) in [5.41, 5.74) is 0.706. The van der Waals surface area contributed by atoms with E-state index in [4.69, 9.17) is 5.11 Å². The molecule has 0 saturated heterocycles. The molecular weight excluding hydrogens is 250 g/mol. The summed E-state index contributed by atoms with van der Waals surface area (Å²) in [5, 5.41) is 8.97. The van der Waals surface area contributed by atoms with Crippen LogP contribution in [-0.4, -0.2) is 30.3 Å². The van der Waals surface area contributed by atoms with Gasteiger partial charge in [0.1, 0.15) is 5.92 Å². The van der Waals surface area contributed by atoms with Crippen molar-refractivity contribution in [1.82, 2.24) is 0 Å². The molecule has 0 bridgehead atoms. The summed E-state index contributed by atoms with van der Waals surface area (Å²) in [4.78, 5) is 25.5. The highest BCUT2D eigenvalue weighted by molar-refractivity contribution is 7.98. The summed E-state index contributed by atoms with van der Waals surface area (Å²) < 4.78 is 0. The Morgan fingerprint density at radius 3 is 2.28 bits per heavy atom. The van der Waals surface area contributed by atoms with Gasteiger partial charge in [-0.05, 0) is 36.9 Å². The lowest BCUT2D eigenvalue weighted by molar-refractivity contribution is -0.146. The van der Waals surface area contributed by atoms with Crippen LogP contribution in [-0.2, 0) is 9.59 Å². The van der Waals surface area contributed by atoms with Gasteiger partial charge in [0.15, 0.2) is 0 Å². The number of carboxylic acid groups (broad SMARTS) is 1. The first kappa shape index (κ1) is 14.6. The van der Waals surface area contributed by atoms with E-state index in [-0.39, 0.29) is 5.91 Å². The number of carbonyl (C=O) groups excluding carboxylic acids is 1. The molecule has 5 heteroatoms. The van der Waals surface area contributed by atoms with Crippen LogP contribution < -0.4 is 4.90 Å². The highest BCUT2D eigenvalue weighted by Gasteiger charge is 2.27. The molecule has 1 atom stereocenters. The summed E-state index contributed by atoms with van der Waals surface area (Å²) >= 11 is 1.62. The van der Waals surface area contributed by atoms with E-state index >= 15 is 0 Å². The lowest BCUT2D eigenvalue weighted by Crippen LogP contribution is -2.36. The molecule has 1 amide bonds. The monoisotopic (exact) mass is 267 g/mol. The molecule has 0 heterocycles. The zero-order valence-electron chi connectivity index (χ0n) is 10.7. The summed E-state index contributed by atoms with van der Waals surface area (Å²) in [6.45, 7) is 1.70. The van der Waals surface area contributed by atoms with E-state index in [1.54, 1.807) is 25.7 Å². The average Bonchev–Trinajstić information content (AvgIpc) is 2.38. The fourth-order valence-electron chi connectivity index (χ4n) is 1.62. The van der Waals surface area contributed by atoms with E-state index in [1.165, 1.54) is 4.90 Å². The van der Waals surface area contributed by atoms with E-state index in [2.05, 4.69) is 0 Å². The molecule has 0 radical (unpaired) electrons. The van der Waals surface area contributed by atoms with E-state index in [0.29, 0.717) is 12.1 Å². The third-order valence-electron chi connectivity index (χ3n) is 2.79. The molecule has 1 N–H and O–H groups in total. The average molecular weight is 267 g/mol. The first-order valence-corrected chi connectivity index (χ1v) is 6.88. The minimum Gasteiger partial charge on any atom is -0.481 e. The number of anilines is 1. The first-order valence-electron chi connectivity index (χ1n) is 5.65. The van der Waals surface area contributed by atoms with Crippen molar-refractivity contribution in [3.8, 4) is 0 Å². The molecule has 98 valence electrons. The Kier molecular flexibility index (Phi) is 5.22. The summed E-state index contributed by atoms with van der Waals surface area (Å²) in [6, 6.07) is 7.45. The molecule has 1 rings (SSSR count). The maximum Gasteiger partial charge on any atom is 0.316 e. The minimum atomic E-state index is -1.07. The molecule has 0 fully saturated rings. The van der Waals surface area contributed by atoms with Gasteiger partial charge >= 0.3 is 5.97 Å². The van der Waals surface area contributed by atoms with Crippen LogP contribution in [0, 0.1) is 5.92 Å². The lowest BCUT2D eigenvalue weighted by atomic mass is 10.1. The third-order valence-corrected chi connectivity index (χ3v) is 3.54. The Labute approximate surface area is 111 Å². The maximum absolute atomic E-state index is 12.0. The van der Waals surface area contributed by atoms with Crippen molar-refractivity contribution in [3.63, 3.8) is 0 Å². The van der Waals surface area contributed by atoms with E-state index in [1.807, 2.05) is 30.5 Å². The molecule has 0 aromatic heterocycles. The first-order chi connectivity index (χ1) is 8.51. The van der Waals surface area contributed by atoms with Crippen molar-refractivity contribution in [2.45, 2.75) is 18.2 Å². The molecule has 0 saturated carbocycles. The Morgan fingerprint density at radius 1 is 1.33 bits per heavy atom. The number of hydrogen-bond donors (Lipinski definition) is 1. The van der Waals surface area contributed by atoms with Crippen LogP contribution in [0.2, 0.25) is 0 Å². The van der Waals surface area contributed by atoms with Crippen LogP contribution in [0.25, 0.3) is 0 Å². The summed E-state index contributed by atoms with van der Waals surface area (Å²) in [7, 11) is 1.60. The van der Waals surface area contributed by atoms with E-state index in [0.717, 1.165) is 4.90 Å². The van der Waals surface area contributed by atoms with Gasteiger partial charge < -0.3 is 10.0 Å². The zero-order valence-corrected chi connectivity index (χ0v) is 11.5. The Bertz CT molecular complexity index is 430. The number of amides is 1. The Hall–Kier alpha value is -1.49. The fraction of sp³-hybridized carbons (Fsp3) is 0.385. The van der Waals surface area contributed by atoms with Crippen molar-refractivity contribution in [2.75, 3.05) is 18.2 Å². The van der Waals surface area contributed by atoms with Crippen molar-refractivity contribution < 1.29 is 14.7 Å². The van der Waals surface area contributed by atoms with Crippen LogP contribution in [0.3, 0.4) is 0 Å². The molecule has 1 unspecified atom stereocenters. The minimum absolute atomic E-state index is 0.293. The SMILES string of the molecule is CCC(C(=O)O)C(=O)N(C)c1ccc(SC)cc1. The Morgan fingerprint density at radius 2 is 1.89 bits per heavy atom. The third kappa shape index (κ3) is 3.26. The van der Waals surface area contributed by atoms with Crippen LogP contribution in [0.4, 0.5) is 5.69 Å². The number of hydrogen-bond acceptors (Lipinski definition) is 3. The van der Waals surface area contributed by atoms with Gasteiger partial charge in [-0.2, -0.15) is 0 Å². The van der Waals surface area contributed by atoms with E-state index in [9.17, 15) is 9.59 Å². The van der Waals surface area contributed by atoms with Gasteiger partial charge in [0, 0.05) is 17.6 Å². The molecular formula is C13H17NO3S. The van der Waals surface area contributed by atoms with Crippen molar-refractivity contribution >= 4 is 29.3 Å². The van der Waals surface area contributed by atoms with Gasteiger partial charge in [0.2, 0.25) is 5.91 Å². The molecule has 4 nitrogen and oxygen atoms in total. The largest absolute Gasteiger partial charge is 0.481 e. The predicted molar refractivity (Wildman–Crippen MR) is 73.0 cm³/mol. The van der Waals surface area contributed by atoms with Gasteiger partial charge in [-0.25, -0.2) is 0 Å². The topological polar surface area (TPSA) is 57.6 Å². The zero-order chi connectivity index (χ0) is 13.7. The molecule has 1 aromatic rings. The van der Waals surface area contributed by atoms with Gasteiger partial charge in [0.05, 0.1) is 0 Å². The summed E-state index contributed by atoms with van der Waals surface area (Å²) in [6.07, 6.45) is 2.27. The van der Waals surface area contributed by atoms with Crippen molar-refractivity contribution in [2.24, 2.45) is 5.92 Å². The van der Waals surface area contributed by atoms with Gasteiger partial charge in [-0.1, -0.05) is 6.92 Å². The van der Waals surface area contributed by atoms with Crippen molar-refractivity contribution in [1.29, 1.82) is 0 Å². The van der Waals surface area contributed by atoms with E-state index < -0.39 is 11.9 Å². The van der Waals surface area contributed by atoms with Gasteiger partial charge in [0.25, 0.3) is 0 Å². The quantitative estimate of drug-likeness (QED) is 0.657. The lowest BCUT2D eigenvalue weighted by Gasteiger charge is -2.21. The number of benzene rings is 1. The molecule has 0 aliphatic rings. The number of nitrogens with zero attached hydrogens (tertiary/aromatic N) is 1. The normalized spacial score (nSPS) is 11.9. The maximum atomic E-state index is 12.0. The molecule has 18 heavy (non-hydrogen) atoms. The standard InChI is InChI=1S/C13H17NO3S/c1-4-11(13(16)17)12(15)14(2)9-5-7-10(18-3)8-6-9/h5-8,11H,4H2,1-3H3,(H,16,17). The van der Waals surface area contributed by atoms with Crippen LogP contribution in [0.5, 0.6) is 0 Å². The number of carbonyl (C=O) groups is 2. The highest BCUT2D eigenvalue weighted by Crippen LogP contribution is 2.21. The smallest absolute Gasteiger partial charge is 0.316 e. The van der Waals surface area contributed by atoms with Crippen molar-refractivity contribution in [3.05, 3.63) is 24.3 Å². The molecule has 0 spiro atoms. The number of rotatable bonds is 5. The van der Waals surface area contributed by atoms with Crippen LogP contribution in [0.15, 0.2) is 29.2 Å². The van der Waals surface area contributed by atoms with Gasteiger partial charge in [-0.15, -0.1) is 11.8 Å². The Balaban J connectivity index is 2.88. The number of thioether (sulfide) groups is 1. The molecule has 0 aliphatic carbocycles. The van der Waals surface area contributed by atoms with Gasteiger partial charge in [-0.3, -0.25) is 9.59 Å². The van der Waals surface area contributed by atoms with Crippen LogP contribution >= 0.6 is 11.8 Å². The number of carboxylic acids is 1. The second-order valence-corrected chi connectivity index (χ2v) is 4.77. The predicted octanol–water partition coefficient (Wildman–Crippen LogP) is 2.48. The second-order valence-electron chi connectivity index (χ2n) is 3.89.